The molecule has 2 N–H and O–H groups in total. The van der Waals surface area contributed by atoms with Crippen LogP contribution in [-0.4, -0.2) is 103 Å². The predicted octanol–water partition coefficient (Wildman–Crippen LogP) is 1.23. The number of fused-ring (bicyclic) bond motifs is 1. The molecule has 0 radical (unpaired) electrons. The Kier molecular flexibility index (Phi) is 8.51. The molecule has 0 saturated carbocycles. The van der Waals surface area contributed by atoms with Crippen molar-refractivity contribution in [3.8, 4) is 5.75 Å². The number of nitrogens with one attached hydrogen (secondary N) is 1. The standard InChI is InChI=1S/C18H26N4O4.K.H/c1-12(2)22-16-15(26-11-20-16)14(23)13(18(22)25)17(24)19-7-6-10-21-8-4-3-5-9-21;;/h11-12,23H,3-10H2,1-2H3,(H,19,24);;. The normalized spacial score (nSPS) is 15.1. The summed E-state index contributed by atoms with van der Waals surface area (Å²) in [7, 11) is 0. The van der Waals surface area contributed by atoms with Gasteiger partial charge in [-0.3, -0.25) is 14.2 Å². The molecule has 1 amide bonds. The monoisotopic (exact) mass is 402 g/mol. The molecule has 3 rings (SSSR count). The second kappa shape index (κ2) is 10.2. The van der Waals surface area contributed by atoms with E-state index in [-0.39, 0.29) is 74.2 Å². The Morgan fingerprint density at radius 3 is 2.70 bits per heavy atom. The molecule has 0 atom stereocenters. The number of pyridine rings is 1. The first-order chi connectivity index (χ1) is 12.5. The van der Waals surface area contributed by atoms with Gasteiger partial charge in [0, 0.05) is 12.6 Å². The first-order valence-electron chi connectivity index (χ1n) is 9.22. The molecular formula is C18H27KN4O4. The molecular weight excluding hydrogens is 375 g/mol. The average molecular weight is 403 g/mol. The van der Waals surface area contributed by atoms with Gasteiger partial charge in [0.1, 0.15) is 0 Å². The summed E-state index contributed by atoms with van der Waals surface area (Å²) in [6, 6.07) is -0.221. The van der Waals surface area contributed by atoms with E-state index < -0.39 is 17.2 Å². The summed E-state index contributed by atoms with van der Waals surface area (Å²) in [4.78, 5) is 31.6. The molecule has 27 heavy (non-hydrogen) atoms. The van der Waals surface area contributed by atoms with Gasteiger partial charge in [0.15, 0.2) is 23.4 Å². The van der Waals surface area contributed by atoms with Crippen molar-refractivity contribution >= 4 is 68.5 Å². The predicted molar refractivity (Wildman–Crippen MR) is 105 cm³/mol. The van der Waals surface area contributed by atoms with Gasteiger partial charge in [-0.1, -0.05) is 6.42 Å². The van der Waals surface area contributed by atoms with Crippen molar-refractivity contribution in [1.29, 1.82) is 0 Å². The molecule has 2 aromatic heterocycles. The van der Waals surface area contributed by atoms with E-state index in [1.54, 1.807) is 0 Å². The number of aromatic hydroxyl groups is 1. The molecule has 2 aromatic rings. The fraction of sp³-hybridized carbons (Fsp3) is 0.611. The number of likely N-dealkylation sites (tertiary alicyclic amines) is 1. The van der Waals surface area contributed by atoms with Gasteiger partial charge in [-0.2, -0.15) is 4.98 Å². The molecule has 0 unspecified atom stereocenters. The second-order valence-corrected chi connectivity index (χ2v) is 7.01. The minimum absolute atomic E-state index is 0. The van der Waals surface area contributed by atoms with Crippen LogP contribution in [0.15, 0.2) is 15.6 Å². The van der Waals surface area contributed by atoms with E-state index in [1.807, 2.05) is 13.8 Å². The number of nitrogens with zero attached hydrogens (tertiary/aromatic N) is 3. The summed E-state index contributed by atoms with van der Waals surface area (Å²) in [6.07, 6.45) is 5.70. The number of hydrogen-bond donors (Lipinski definition) is 2. The molecule has 0 aliphatic carbocycles. The van der Waals surface area contributed by atoms with Crippen LogP contribution in [0.1, 0.15) is 55.9 Å². The molecule has 3 heterocycles. The summed E-state index contributed by atoms with van der Waals surface area (Å²) in [5.41, 5.74) is -0.561. The fourth-order valence-corrected chi connectivity index (χ4v) is 3.46. The van der Waals surface area contributed by atoms with Crippen molar-refractivity contribution in [2.75, 3.05) is 26.2 Å². The van der Waals surface area contributed by atoms with Crippen molar-refractivity contribution in [3.63, 3.8) is 0 Å². The summed E-state index contributed by atoms with van der Waals surface area (Å²) in [5.74, 6) is -1.04. The van der Waals surface area contributed by atoms with Gasteiger partial charge in [0.2, 0.25) is 5.58 Å². The molecule has 1 saturated heterocycles. The van der Waals surface area contributed by atoms with E-state index in [1.165, 1.54) is 23.8 Å². The van der Waals surface area contributed by atoms with Crippen LogP contribution < -0.4 is 10.9 Å². The van der Waals surface area contributed by atoms with Gasteiger partial charge in [-0.15, -0.1) is 0 Å². The Labute approximate surface area is 200 Å². The van der Waals surface area contributed by atoms with Crippen LogP contribution in [0.2, 0.25) is 0 Å². The minimum atomic E-state index is -0.584. The first kappa shape index (κ1) is 22.6. The van der Waals surface area contributed by atoms with Gasteiger partial charge in [-0.25, -0.2) is 0 Å². The Hall–Kier alpha value is -0.714. The number of piperidine rings is 1. The maximum atomic E-state index is 12.7. The van der Waals surface area contributed by atoms with E-state index in [4.69, 9.17) is 4.42 Å². The number of aromatic nitrogens is 2. The third kappa shape index (κ3) is 5.02. The summed E-state index contributed by atoms with van der Waals surface area (Å²) in [6.45, 7) is 7.21. The molecule has 1 fully saturated rings. The number of amides is 1. The Morgan fingerprint density at radius 2 is 2.04 bits per heavy atom. The van der Waals surface area contributed by atoms with Crippen molar-refractivity contribution < 1.29 is 14.3 Å². The molecule has 0 spiro atoms. The maximum absolute atomic E-state index is 12.7. The van der Waals surface area contributed by atoms with Crippen LogP contribution >= 0.6 is 0 Å². The van der Waals surface area contributed by atoms with E-state index >= 15 is 0 Å². The van der Waals surface area contributed by atoms with Crippen LogP contribution in [0.5, 0.6) is 5.75 Å². The number of rotatable bonds is 6. The van der Waals surface area contributed by atoms with Crippen molar-refractivity contribution in [2.24, 2.45) is 0 Å². The number of carbonyl (C=O) groups excluding carboxylic acids is 1. The van der Waals surface area contributed by atoms with Crippen LogP contribution in [0.4, 0.5) is 0 Å². The molecule has 8 nitrogen and oxygen atoms in total. The molecule has 144 valence electrons. The zero-order valence-electron chi connectivity index (χ0n) is 15.3. The van der Waals surface area contributed by atoms with Crippen LogP contribution in [0.25, 0.3) is 11.2 Å². The van der Waals surface area contributed by atoms with Crippen LogP contribution in [0.3, 0.4) is 0 Å². The molecule has 0 aromatic carbocycles. The Morgan fingerprint density at radius 1 is 1.33 bits per heavy atom. The van der Waals surface area contributed by atoms with Crippen LogP contribution in [-0.2, 0) is 0 Å². The topological polar surface area (TPSA) is 101 Å². The SMILES string of the molecule is CC(C)n1c(=O)c(C(=O)NCCCN2CCCCC2)c(O)c2ocnc21.[KH]. The van der Waals surface area contributed by atoms with Crippen LogP contribution in [0, 0.1) is 0 Å². The summed E-state index contributed by atoms with van der Waals surface area (Å²) < 4.78 is 6.55. The third-order valence-corrected chi connectivity index (χ3v) is 4.79. The van der Waals surface area contributed by atoms with Gasteiger partial charge in [0.05, 0.1) is 0 Å². The Balaban J connectivity index is 0.00000261. The number of hydrogen-bond acceptors (Lipinski definition) is 6. The van der Waals surface area contributed by atoms with Crippen molar-refractivity contribution in [1.82, 2.24) is 19.8 Å². The summed E-state index contributed by atoms with van der Waals surface area (Å²) >= 11 is 0. The van der Waals surface area contributed by atoms with Gasteiger partial charge >= 0.3 is 51.4 Å². The first-order valence-corrected chi connectivity index (χ1v) is 9.22. The molecule has 9 heteroatoms. The quantitative estimate of drug-likeness (QED) is 0.557. The molecule has 0 bridgehead atoms. The number of oxazole rings is 1. The van der Waals surface area contributed by atoms with Gasteiger partial charge < -0.3 is 19.7 Å². The zero-order valence-corrected chi connectivity index (χ0v) is 15.3. The van der Waals surface area contributed by atoms with Gasteiger partial charge in [-0.05, 0) is 52.7 Å². The second-order valence-electron chi connectivity index (χ2n) is 7.01. The Bertz CT molecular complexity index is 840. The van der Waals surface area contributed by atoms with E-state index in [9.17, 15) is 14.7 Å². The van der Waals surface area contributed by atoms with E-state index in [2.05, 4.69) is 15.2 Å². The molecule has 1 aliphatic rings. The third-order valence-electron chi connectivity index (χ3n) is 4.79. The van der Waals surface area contributed by atoms with Crippen molar-refractivity contribution in [3.05, 3.63) is 22.3 Å². The fourth-order valence-electron chi connectivity index (χ4n) is 3.46. The van der Waals surface area contributed by atoms with E-state index in [0.29, 0.717) is 6.54 Å². The summed E-state index contributed by atoms with van der Waals surface area (Å²) in [5, 5.41) is 13.1. The van der Waals surface area contributed by atoms with E-state index in [0.717, 1.165) is 32.4 Å². The zero-order chi connectivity index (χ0) is 18.7. The van der Waals surface area contributed by atoms with Crippen molar-refractivity contribution in [2.45, 2.75) is 45.6 Å². The molecule has 1 aliphatic heterocycles. The van der Waals surface area contributed by atoms with Gasteiger partial charge in [0.25, 0.3) is 11.5 Å². The average Bonchev–Trinajstić information content (AvgIpc) is 3.09. The number of carbonyl (C=O) groups is 1.